The summed E-state index contributed by atoms with van der Waals surface area (Å²) in [6.07, 6.45) is 4.34. The van der Waals surface area contributed by atoms with Gasteiger partial charge in [0, 0.05) is 0 Å². The summed E-state index contributed by atoms with van der Waals surface area (Å²) in [4.78, 5) is 10.8. The summed E-state index contributed by atoms with van der Waals surface area (Å²) in [6.45, 7) is 3.75. The molecule has 1 rings (SSSR count). The highest BCUT2D eigenvalue weighted by Crippen LogP contribution is 2.38. The molecular formula is C11H20O3. The normalized spacial score (nSPS) is 35.2. The third kappa shape index (κ3) is 2.27. The molecule has 0 bridgehead atoms. The zero-order valence-corrected chi connectivity index (χ0v) is 8.99. The predicted octanol–water partition coefficient (Wildman–Crippen LogP) is 2.04. The Labute approximate surface area is 85.1 Å². The zero-order chi connectivity index (χ0) is 10.8. The summed E-state index contributed by atoms with van der Waals surface area (Å²) in [5, 5.41) is 19.0. The van der Waals surface area contributed by atoms with Gasteiger partial charge in [0.1, 0.15) is 0 Å². The highest BCUT2D eigenvalue weighted by molar-refractivity contribution is 5.71. The molecule has 0 amide bonds. The summed E-state index contributed by atoms with van der Waals surface area (Å²) >= 11 is 0. The van der Waals surface area contributed by atoms with Crippen molar-refractivity contribution in [3.8, 4) is 0 Å². The Morgan fingerprint density at radius 3 is 2.36 bits per heavy atom. The van der Waals surface area contributed by atoms with Crippen LogP contribution in [-0.4, -0.2) is 21.8 Å². The summed E-state index contributed by atoms with van der Waals surface area (Å²) in [6, 6.07) is 0. The molecule has 0 aromatic carbocycles. The van der Waals surface area contributed by atoms with Crippen LogP contribution < -0.4 is 0 Å². The van der Waals surface area contributed by atoms with Crippen molar-refractivity contribution in [3.05, 3.63) is 0 Å². The van der Waals surface area contributed by atoms with Gasteiger partial charge >= 0.3 is 5.97 Å². The van der Waals surface area contributed by atoms with Crippen LogP contribution in [0.3, 0.4) is 0 Å². The lowest BCUT2D eigenvalue weighted by Gasteiger charge is -2.38. The van der Waals surface area contributed by atoms with Crippen molar-refractivity contribution in [2.24, 2.45) is 11.8 Å². The molecule has 2 N–H and O–H groups in total. The van der Waals surface area contributed by atoms with Crippen molar-refractivity contribution in [2.45, 2.75) is 51.6 Å². The van der Waals surface area contributed by atoms with Gasteiger partial charge in [0.15, 0.2) is 0 Å². The fourth-order valence-electron chi connectivity index (χ4n) is 2.25. The Balaban J connectivity index is 2.57. The maximum Gasteiger partial charge on any atom is 0.309 e. The first-order chi connectivity index (χ1) is 6.49. The van der Waals surface area contributed by atoms with Crippen molar-refractivity contribution < 1.29 is 15.0 Å². The summed E-state index contributed by atoms with van der Waals surface area (Å²) < 4.78 is 0. The molecule has 0 spiro atoms. The van der Waals surface area contributed by atoms with E-state index in [1.165, 1.54) is 0 Å². The van der Waals surface area contributed by atoms with Crippen molar-refractivity contribution in [1.29, 1.82) is 0 Å². The monoisotopic (exact) mass is 200 g/mol. The van der Waals surface area contributed by atoms with Gasteiger partial charge in [0.05, 0.1) is 11.5 Å². The Kier molecular flexibility index (Phi) is 3.53. The van der Waals surface area contributed by atoms with Crippen LogP contribution in [-0.2, 0) is 4.79 Å². The fourth-order valence-corrected chi connectivity index (χ4v) is 2.25. The highest BCUT2D eigenvalue weighted by atomic mass is 16.4. The van der Waals surface area contributed by atoms with E-state index in [1.54, 1.807) is 6.92 Å². The lowest BCUT2D eigenvalue weighted by atomic mass is 9.72. The van der Waals surface area contributed by atoms with Crippen LogP contribution in [0.25, 0.3) is 0 Å². The Morgan fingerprint density at radius 2 is 2.00 bits per heavy atom. The maximum absolute atomic E-state index is 10.8. The smallest absolute Gasteiger partial charge is 0.309 e. The molecule has 3 nitrogen and oxygen atoms in total. The molecule has 0 heterocycles. The minimum Gasteiger partial charge on any atom is -0.481 e. The summed E-state index contributed by atoms with van der Waals surface area (Å²) in [7, 11) is 0. The zero-order valence-electron chi connectivity index (χ0n) is 8.99. The van der Waals surface area contributed by atoms with E-state index in [0.717, 1.165) is 19.3 Å². The third-order valence-electron chi connectivity index (χ3n) is 3.72. The first-order valence-corrected chi connectivity index (χ1v) is 5.44. The van der Waals surface area contributed by atoms with Gasteiger partial charge in [-0.1, -0.05) is 13.3 Å². The molecule has 1 unspecified atom stereocenters. The second kappa shape index (κ2) is 4.30. The average Bonchev–Trinajstić information content (AvgIpc) is 2.18. The van der Waals surface area contributed by atoms with Crippen molar-refractivity contribution in [2.75, 3.05) is 0 Å². The van der Waals surface area contributed by atoms with Crippen LogP contribution >= 0.6 is 0 Å². The standard InChI is InChI=1S/C11H20O3/c1-3-9-4-6-11(14,7-5-9)8(2)10(12)13/h8-9,14H,3-7H2,1-2H3,(H,12,13). The number of carboxylic acid groups (broad SMARTS) is 1. The van der Waals surface area contributed by atoms with Crippen LogP contribution in [0.4, 0.5) is 0 Å². The van der Waals surface area contributed by atoms with Gasteiger partial charge in [-0.3, -0.25) is 4.79 Å². The van der Waals surface area contributed by atoms with E-state index in [1.807, 2.05) is 0 Å². The van der Waals surface area contributed by atoms with E-state index in [4.69, 9.17) is 5.11 Å². The Hall–Kier alpha value is -0.570. The molecule has 0 saturated heterocycles. The van der Waals surface area contributed by atoms with E-state index in [2.05, 4.69) is 6.92 Å². The number of aliphatic hydroxyl groups is 1. The molecule has 0 aromatic rings. The minimum absolute atomic E-state index is 0.638. The van der Waals surface area contributed by atoms with Crippen LogP contribution in [0.5, 0.6) is 0 Å². The SMILES string of the molecule is CCC1CCC(O)(C(C)C(=O)O)CC1. The molecule has 1 aliphatic carbocycles. The topological polar surface area (TPSA) is 57.5 Å². The summed E-state index contributed by atoms with van der Waals surface area (Å²) in [5.74, 6) is -0.848. The maximum atomic E-state index is 10.8. The van der Waals surface area contributed by atoms with E-state index in [9.17, 15) is 9.90 Å². The lowest BCUT2D eigenvalue weighted by Crippen LogP contribution is -2.43. The largest absolute Gasteiger partial charge is 0.481 e. The Morgan fingerprint density at radius 1 is 1.50 bits per heavy atom. The van der Waals surface area contributed by atoms with E-state index in [-0.39, 0.29) is 0 Å². The van der Waals surface area contributed by atoms with Gasteiger partial charge in [-0.2, -0.15) is 0 Å². The van der Waals surface area contributed by atoms with Crippen LogP contribution in [0.2, 0.25) is 0 Å². The first kappa shape index (κ1) is 11.5. The number of aliphatic carboxylic acids is 1. The van der Waals surface area contributed by atoms with Crippen LogP contribution in [0.1, 0.15) is 46.0 Å². The van der Waals surface area contributed by atoms with Crippen LogP contribution in [0, 0.1) is 11.8 Å². The molecule has 0 aromatic heterocycles. The molecule has 0 radical (unpaired) electrons. The highest BCUT2D eigenvalue weighted by Gasteiger charge is 2.40. The number of hydrogen-bond donors (Lipinski definition) is 2. The third-order valence-corrected chi connectivity index (χ3v) is 3.72. The quantitative estimate of drug-likeness (QED) is 0.733. The van der Waals surface area contributed by atoms with E-state index in [0.29, 0.717) is 18.8 Å². The van der Waals surface area contributed by atoms with Gasteiger partial charge in [-0.05, 0) is 38.5 Å². The molecule has 1 saturated carbocycles. The van der Waals surface area contributed by atoms with Crippen molar-refractivity contribution >= 4 is 5.97 Å². The minimum atomic E-state index is -0.961. The van der Waals surface area contributed by atoms with E-state index >= 15 is 0 Å². The molecular weight excluding hydrogens is 180 g/mol. The number of carboxylic acids is 1. The van der Waals surface area contributed by atoms with Gasteiger partial charge < -0.3 is 10.2 Å². The molecule has 3 heteroatoms. The van der Waals surface area contributed by atoms with Gasteiger partial charge in [-0.15, -0.1) is 0 Å². The van der Waals surface area contributed by atoms with E-state index < -0.39 is 17.5 Å². The predicted molar refractivity (Wildman–Crippen MR) is 54.0 cm³/mol. The first-order valence-electron chi connectivity index (χ1n) is 5.44. The van der Waals surface area contributed by atoms with Crippen molar-refractivity contribution in [1.82, 2.24) is 0 Å². The average molecular weight is 200 g/mol. The molecule has 0 aliphatic heterocycles. The molecule has 1 fully saturated rings. The molecule has 14 heavy (non-hydrogen) atoms. The molecule has 1 aliphatic rings. The number of carbonyl (C=O) groups is 1. The van der Waals surface area contributed by atoms with Gasteiger partial charge in [0.2, 0.25) is 0 Å². The van der Waals surface area contributed by atoms with Gasteiger partial charge in [0.25, 0.3) is 0 Å². The fraction of sp³-hybridized carbons (Fsp3) is 0.909. The van der Waals surface area contributed by atoms with Gasteiger partial charge in [-0.25, -0.2) is 0 Å². The van der Waals surface area contributed by atoms with Crippen molar-refractivity contribution in [3.63, 3.8) is 0 Å². The Bertz CT molecular complexity index is 205. The second-order valence-electron chi connectivity index (χ2n) is 4.52. The summed E-state index contributed by atoms with van der Waals surface area (Å²) in [5.41, 5.74) is -0.961. The second-order valence-corrected chi connectivity index (χ2v) is 4.52. The number of rotatable bonds is 3. The molecule has 1 atom stereocenters. The lowest BCUT2D eigenvalue weighted by molar-refractivity contribution is -0.154. The molecule has 82 valence electrons. The number of hydrogen-bond acceptors (Lipinski definition) is 2. The van der Waals surface area contributed by atoms with Crippen LogP contribution in [0.15, 0.2) is 0 Å².